The van der Waals surface area contributed by atoms with Crippen LogP contribution in [0.4, 0.5) is 0 Å². The molecule has 0 aliphatic rings. The molecule has 6 heteroatoms. The first-order valence-corrected chi connectivity index (χ1v) is 6.43. The van der Waals surface area contributed by atoms with Crippen molar-refractivity contribution in [2.24, 2.45) is 5.73 Å². The van der Waals surface area contributed by atoms with Gasteiger partial charge in [0, 0.05) is 11.3 Å². The zero-order valence-electron chi connectivity index (χ0n) is 9.84. The van der Waals surface area contributed by atoms with Crippen LogP contribution in [-0.2, 0) is 5.75 Å². The predicted octanol–water partition coefficient (Wildman–Crippen LogP) is 2.30. The molecular weight excluding hydrogens is 238 g/mol. The molecule has 0 radical (unpaired) electrons. The monoisotopic (exact) mass is 253 g/mol. The SMILES string of the molecule is CC(C)(N)CSCc1nnc(-c2ccco2)o1. The van der Waals surface area contributed by atoms with Gasteiger partial charge in [-0.1, -0.05) is 0 Å². The fourth-order valence-electron chi connectivity index (χ4n) is 1.21. The Morgan fingerprint density at radius 2 is 2.24 bits per heavy atom. The Hall–Kier alpha value is -1.27. The number of hydrogen-bond donors (Lipinski definition) is 1. The third-order valence-corrected chi connectivity index (χ3v) is 3.30. The van der Waals surface area contributed by atoms with Crippen molar-refractivity contribution in [2.75, 3.05) is 5.75 Å². The van der Waals surface area contributed by atoms with E-state index in [2.05, 4.69) is 10.2 Å². The van der Waals surface area contributed by atoms with E-state index < -0.39 is 0 Å². The highest BCUT2D eigenvalue weighted by atomic mass is 32.2. The Morgan fingerprint density at radius 3 is 2.88 bits per heavy atom. The first kappa shape index (κ1) is 12.2. The summed E-state index contributed by atoms with van der Waals surface area (Å²) in [4.78, 5) is 0. The van der Waals surface area contributed by atoms with Gasteiger partial charge in [-0.2, -0.15) is 11.8 Å². The van der Waals surface area contributed by atoms with Gasteiger partial charge in [0.15, 0.2) is 5.76 Å². The molecule has 0 unspecified atom stereocenters. The molecule has 0 spiro atoms. The Bertz CT molecular complexity index is 459. The van der Waals surface area contributed by atoms with E-state index in [-0.39, 0.29) is 5.54 Å². The van der Waals surface area contributed by atoms with Gasteiger partial charge >= 0.3 is 0 Å². The van der Waals surface area contributed by atoms with E-state index in [0.717, 1.165) is 5.75 Å². The lowest BCUT2D eigenvalue weighted by Gasteiger charge is -2.16. The van der Waals surface area contributed by atoms with Crippen molar-refractivity contribution in [3.05, 3.63) is 24.3 Å². The summed E-state index contributed by atoms with van der Waals surface area (Å²) < 4.78 is 10.6. The summed E-state index contributed by atoms with van der Waals surface area (Å²) in [6, 6.07) is 3.57. The molecule has 0 saturated carbocycles. The number of thioether (sulfide) groups is 1. The Labute approximate surface area is 104 Å². The van der Waals surface area contributed by atoms with Gasteiger partial charge in [-0.05, 0) is 26.0 Å². The molecule has 2 N–H and O–H groups in total. The van der Waals surface area contributed by atoms with Crippen molar-refractivity contribution < 1.29 is 8.83 Å². The zero-order chi connectivity index (χ0) is 12.3. The summed E-state index contributed by atoms with van der Waals surface area (Å²) in [6.07, 6.45) is 1.57. The fourth-order valence-corrected chi connectivity index (χ4v) is 2.13. The summed E-state index contributed by atoms with van der Waals surface area (Å²) in [5, 5.41) is 7.87. The lowest BCUT2D eigenvalue weighted by molar-refractivity contribution is 0.494. The van der Waals surface area contributed by atoms with Crippen LogP contribution in [0.1, 0.15) is 19.7 Å². The number of nitrogens with two attached hydrogens (primary N) is 1. The summed E-state index contributed by atoms with van der Waals surface area (Å²) in [5.41, 5.74) is 5.69. The van der Waals surface area contributed by atoms with Gasteiger partial charge in [-0.25, -0.2) is 0 Å². The highest BCUT2D eigenvalue weighted by Gasteiger charge is 2.13. The summed E-state index contributed by atoms with van der Waals surface area (Å²) in [7, 11) is 0. The second-order valence-corrected chi connectivity index (χ2v) is 5.45. The molecule has 0 amide bonds. The molecule has 92 valence electrons. The molecule has 0 aliphatic carbocycles. The van der Waals surface area contributed by atoms with Crippen molar-refractivity contribution in [2.45, 2.75) is 25.1 Å². The molecule has 0 fully saturated rings. The van der Waals surface area contributed by atoms with Gasteiger partial charge in [0.05, 0.1) is 12.0 Å². The topological polar surface area (TPSA) is 78.1 Å². The van der Waals surface area contributed by atoms with E-state index in [1.807, 2.05) is 13.8 Å². The first-order chi connectivity index (χ1) is 8.04. The molecule has 2 aromatic rings. The number of nitrogens with zero attached hydrogens (tertiary/aromatic N) is 2. The number of hydrogen-bond acceptors (Lipinski definition) is 6. The summed E-state index contributed by atoms with van der Waals surface area (Å²) in [6.45, 7) is 3.98. The van der Waals surface area contributed by atoms with Crippen molar-refractivity contribution in [1.29, 1.82) is 0 Å². The third kappa shape index (κ3) is 3.61. The van der Waals surface area contributed by atoms with Crippen LogP contribution in [0.25, 0.3) is 11.7 Å². The predicted molar refractivity (Wildman–Crippen MR) is 66.4 cm³/mol. The quantitative estimate of drug-likeness (QED) is 0.880. The summed E-state index contributed by atoms with van der Waals surface area (Å²) >= 11 is 1.67. The average Bonchev–Trinajstić information content (AvgIpc) is 2.83. The smallest absolute Gasteiger partial charge is 0.283 e. The maximum Gasteiger partial charge on any atom is 0.283 e. The number of furan rings is 1. The van der Waals surface area contributed by atoms with Crippen LogP contribution in [0.3, 0.4) is 0 Å². The van der Waals surface area contributed by atoms with Crippen molar-refractivity contribution in [3.63, 3.8) is 0 Å². The minimum atomic E-state index is -0.186. The van der Waals surface area contributed by atoms with E-state index in [4.69, 9.17) is 14.6 Å². The molecule has 0 saturated heterocycles. The van der Waals surface area contributed by atoms with Gasteiger partial charge in [0.25, 0.3) is 5.89 Å². The van der Waals surface area contributed by atoms with Crippen LogP contribution < -0.4 is 5.73 Å². The number of rotatable bonds is 5. The van der Waals surface area contributed by atoms with Gasteiger partial charge in [-0.15, -0.1) is 10.2 Å². The molecule has 5 nitrogen and oxygen atoms in total. The van der Waals surface area contributed by atoms with Crippen LogP contribution in [0.5, 0.6) is 0 Å². The largest absolute Gasteiger partial charge is 0.459 e. The first-order valence-electron chi connectivity index (χ1n) is 5.27. The van der Waals surface area contributed by atoms with E-state index >= 15 is 0 Å². The second kappa shape index (κ2) is 4.93. The van der Waals surface area contributed by atoms with Gasteiger partial charge in [-0.3, -0.25) is 0 Å². The fraction of sp³-hybridized carbons (Fsp3) is 0.455. The van der Waals surface area contributed by atoms with Crippen molar-refractivity contribution in [3.8, 4) is 11.7 Å². The van der Waals surface area contributed by atoms with E-state index in [0.29, 0.717) is 23.3 Å². The normalized spacial score (nSPS) is 11.9. The molecule has 0 aliphatic heterocycles. The lowest BCUT2D eigenvalue weighted by atomic mass is 10.1. The van der Waals surface area contributed by atoms with Crippen molar-refractivity contribution >= 4 is 11.8 Å². The molecule has 2 heterocycles. The third-order valence-electron chi connectivity index (χ3n) is 1.90. The lowest BCUT2D eigenvalue weighted by Crippen LogP contribution is -2.34. The van der Waals surface area contributed by atoms with E-state index in [1.54, 1.807) is 30.2 Å². The number of aromatic nitrogens is 2. The molecule has 17 heavy (non-hydrogen) atoms. The standard InChI is InChI=1S/C11H15N3O2S/c1-11(2,12)7-17-6-9-13-14-10(16-9)8-4-3-5-15-8/h3-5H,6-7,12H2,1-2H3. The molecule has 0 atom stereocenters. The molecular formula is C11H15N3O2S. The highest BCUT2D eigenvalue weighted by molar-refractivity contribution is 7.98. The summed E-state index contributed by atoms with van der Waals surface area (Å²) in [5.74, 6) is 3.09. The van der Waals surface area contributed by atoms with Gasteiger partial charge < -0.3 is 14.6 Å². The van der Waals surface area contributed by atoms with Gasteiger partial charge in [0.2, 0.25) is 5.89 Å². The maximum atomic E-state index is 5.88. The van der Waals surface area contributed by atoms with Crippen LogP contribution in [0, 0.1) is 0 Å². The maximum absolute atomic E-state index is 5.88. The van der Waals surface area contributed by atoms with Gasteiger partial charge in [0.1, 0.15) is 0 Å². The van der Waals surface area contributed by atoms with Crippen LogP contribution in [-0.4, -0.2) is 21.5 Å². The zero-order valence-corrected chi connectivity index (χ0v) is 10.7. The Balaban J connectivity index is 1.91. The van der Waals surface area contributed by atoms with Crippen LogP contribution in [0.15, 0.2) is 27.2 Å². The van der Waals surface area contributed by atoms with E-state index in [9.17, 15) is 0 Å². The molecule has 2 rings (SSSR count). The average molecular weight is 253 g/mol. The highest BCUT2D eigenvalue weighted by Crippen LogP contribution is 2.21. The Morgan fingerprint density at radius 1 is 1.41 bits per heavy atom. The molecule has 0 aromatic carbocycles. The molecule has 0 bridgehead atoms. The minimum Gasteiger partial charge on any atom is -0.459 e. The van der Waals surface area contributed by atoms with Crippen LogP contribution in [0.2, 0.25) is 0 Å². The van der Waals surface area contributed by atoms with Crippen LogP contribution >= 0.6 is 11.8 Å². The second-order valence-electron chi connectivity index (χ2n) is 4.46. The van der Waals surface area contributed by atoms with Crippen molar-refractivity contribution in [1.82, 2.24) is 10.2 Å². The van der Waals surface area contributed by atoms with E-state index in [1.165, 1.54) is 0 Å². The minimum absolute atomic E-state index is 0.186. The Kier molecular flexibility index (Phi) is 3.54. The molecule has 2 aromatic heterocycles.